The van der Waals surface area contributed by atoms with E-state index in [0.29, 0.717) is 16.8 Å². The molecule has 24 heavy (non-hydrogen) atoms. The summed E-state index contributed by atoms with van der Waals surface area (Å²) in [6, 6.07) is 10.6. The van der Waals surface area contributed by atoms with Crippen LogP contribution in [0.4, 0.5) is 8.78 Å². The van der Waals surface area contributed by atoms with Gasteiger partial charge >= 0.3 is 0 Å². The molecule has 0 aliphatic rings. The Kier molecular flexibility index (Phi) is 3.97. The van der Waals surface area contributed by atoms with Gasteiger partial charge in [-0.1, -0.05) is 18.2 Å². The number of aryl methyl sites for hydroxylation is 1. The highest BCUT2D eigenvalue weighted by atomic mass is 19.1. The first kappa shape index (κ1) is 16.3. The molecule has 0 saturated carbocycles. The van der Waals surface area contributed by atoms with Gasteiger partial charge in [-0.2, -0.15) is 0 Å². The van der Waals surface area contributed by atoms with Crippen molar-refractivity contribution in [1.82, 2.24) is 4.98 Å². The third kappa shape index (κ3) is 2.95. The van der Waals surface area contributed by atoms with Crippen LogP contribution in [-0.2, 0) is 5.60 Å². The van der Waals surface area contributed by atoms with Crippen LogP contribution in [-0.4, -0.2) is 10.1 Å². The second-order valence-corrected chi connectivity index (χ2v) is 6.16. The predicted octanol–water partition coefficient (Wildman–Crippen LogP) is 4.84. The third-order valence-corrected chi connectivity index (χ3v) is 3.75. The fourth-order valence-corrected chi connectivity index (χ4v) is 2.64. The van der Waals surface area contributed by atoms with Gasteiger partial charge in [-0.25, -0.2) is 13.8 Å². The molecule has 0 unspecified atom stereocenters. The van der Waals surface area contributed by atoms with Crippen molar-refractivity contribution < 1.29 is 18.6 Å². The zero-order valence-electron chi connectivity index (χ0n) is 13.6. The van der Waals surface area contributed by atoms with E-state index in [1.54, 1.807) is 31.2 Å². The number of nitrogens with zero attached hydrogens (tertiary/aromatic N) is 1. The minimum atomic E-state index is -1.41. The minimum Gasteiger partial charge on any atom is -0.455 e. The molecular formula is C19H17F2NO2. The molecule has 0 aliphatic carbocycles. The van der Waals surface area contributed by atoms with Crippen LogP contribution in [0, 0.1) is 18.6 Å². The van der Waals surface area contributed by atoms with Gasteiger partial charge in [-0.3, -0.25) is 0 Å². The third-order valence-electron chi connectivity index (χ3n) is 3.75. The van der Waals surface area contributed by atoms with Gasteiger partial charge < -0.3 is 9.84 Å². The summed E-state index contributed by atoms with van der Waals surface area (Å²) in [7, 11) is 0. The number of ether oxygens (including phenoxy) is 1. The summed E-state index contributed by atoms with van der Waals surface area (Å²) in [5.41, 5.74) is -0.628. The van der Waals surface area contributed by atoms with Crippen LogP contribution in [0.2, 0.25) is 0 Å². The van der Waals surface area contributed by atoms with Crippen molar-refractivity contribution in [2.75, 3.05) is 0 Å². The topological polar surface area (TPSA) is 42.4 Å². The van der Waals surface area contributed by atoms with E-state index in [4.69, 9.17) is 4.74 Å². The highest BCUT2D eigenvalue weighted by Crippen LogP contribution is 2.36. The Hall–Kier alpha value is -2.53. The number of benzene rings is 2. The Morgan fingerprint density at radius 2 is 1.67 bits per heavy atom. The lowest BCUT2D eigenvalue weighted by molar-refractivity contribution is 0.0720. The normalized spacial score (nSPS) is 11.8. The van der Waals surface area contributed by atoms with Gasteiger partial charge in [0.2, 0.25) is 0 Å². The molecular weight excluding hydrogens is 312 g/mol. The molecule has 1 heterocycles. The first-order valence-electron chi connectivity index (χ1n) is 7.52. The van der Waals surface area contributed by atoms with Crippen molar-refractivity contribution in [2.45, 2.75) is 26.4 Å². The van der Waals surface area contributed by atoms with Crippen LogP contribution >= 0.6 is 0 Å². The Balaban J connectivity index is 2.12. The molecule has 0 atom stereocenters. The van der Waals surface area contributed by atoms with Crippen LogP contribution in [0.25, 0.3) is 10.9 Å². The van der Waals surface area contributed by atoms with Crippen molar-refractivity contribution in [1.29, 1.82) is 0 Å². The van der Waals surface area contributed by atoms with Crippen LogP contribution in [0.1, 0.15) is 25.1 Å². The number of fused-ring (bicyclic) bond motifs is 1. The Labute approximate surface area is 138 Å². The van der Waals surface area contributed by atoms with E-state index in [1.807, 2.05) is 0 Å². The largest absolute Gasteiger partial charge is 0.455 e. The molecule has 0 aliphatic heterocycles. The Morgan fingerprint density at radius 3 is 2.38 bits per heavy atom. The number of halogens is 2. The van der Waals surface area contributed by atoms with Crippen molar-refractivity contribution in [2.24, 2.45) is 0 Å². The zero-order valence-corrected chi connectivity index (χ0v) is 13.6. The van der Waals surface area contributed by atoms with Crippen molar-refractivity contribution in [3.8, 4) is 11.5 Å². The van der Waals surface area contributed by atoms with Crippen molar-refractivity contribution in [3.63, 3.8) is 0 Å². The van der Waals surface area contributed by atoms with Gasteiger partial charge in [0.15, 0.2) is 0 Å². The lowest BCUT2D eigenvalue weighted by Gasteiger charge is -2.22. The summed E-state index contributed by atoms with van der Waals surface area (Å²) < 4.78 is 33.8. The second kappa shape index (κ2) is 5.83. The van der Waals surface area contributed by atoms with Crippen molar-refractivity contribution >= 4 is 10.9 Å². The minimum absolute atomic E-state index is 0.0590. The maximum atomic E-state index is 14.2. The molecule has 3 rings (SSSR count). The maximum absolute atomic E-state index is 14.2. The number of aromatic nitrogens is 1. The van der Waals surface area contributed by atoms with E-state index < -0.39 is 17.2 Å². The SMILES string of the molecule is Cc1nc2c(F)cccc2cc1Oc1cccc(F)c1C(C)(C)O. The fraction of sp³-hybridized carbons (Fsp3) is 0.211. The first-order valence-corrected chi connectivity index (χ1v) is 7.52. The van der Waals surface area contributed by atoms with Gasteiger partial charge in [0, 0.05) is 5.39 Å². The lowest BCUT2D eigenvalue weighted by atomic mass is 9.96. The molecule has 2 aromatic carbocycles. The number of hydrogen-bond donors (Lipinski definition) is 1. The second-order valence-electron chi connectivity index (χ2n) is 6.16. The Morgan fingerprint density at radius 1 is 1.00 bits per heavy atom. The van der Waals surface area contributed by atoms with E-state index in [2.05, 4.69) is 4.98 Å². The van der Waals surface area contributed by atoms with E-state index in [-0.39, 0.29) is 16.8 Å². The monoisotopic (exact) mass is 329 g/mol. The van der Waals surface area contributed by atoms with E-state index in [0.717, 1.165) is 0 Å². The number of pyridine rings is 1. The summed E-state index contributed by atoms with van der Waals surface area (Å²) in [4.78, 5) is 4.23. The molecule has 0 saturated heterocycles. The molecule has 124 valence electrons. The average Bonchev–Trinajstić information content (AvgIpc) is 2.48. The molecule has 0 bridgehead atoms. The summed E-state index contributed by atoms with van der Waals surface area (Å²) in [6.07, 6.45) is 0. The number of rotatable bonds is 3. The summed E-state index contributed by atoms with van der Waals surface area (Å²) in [5.74, 6) is -0.394. The molecule has 1 N–H and O–H groups in total. The fourth-order valence-electron chi connectivity index (χ4n) is 2.64. The van der Waals surface area contributed by atoms with Gasteiger partial charge in [-0.05, 0) is 45.0 Å². The zero-order chi connectivity index (χ0) is 17.5. The molecule has 0 radical (unpaired) electrons. The quantitative estimate of drug-likeness (QED) is 0.747. The van der Waals surface area contributed by atoms with E-state index in [1.165, 1.54) is 32.0 Å². The summed E-state index contributed by atoms with van der Waals surface area (Å²) in [6.45, 7) is 4.66. The molecule has 0 amide bonds. The standard InChI is InChI=1S/C19H17F2NO2/c1-11-16(10-12-6-4-8-14(21)18(12)22-11)24-15-9-5-7-13(20)17(15)19(2,3)23/h4-10,23H,1-3H3. The van der Waals surface area contributed by atoms with Gasteiger partial charge in [0.05, 0.1) is 16.9 Å². The van der Waals surface area contributed by atoms with Gasteiger partial charge in [0.25, 0.3) is 0 Å². The van der Waals surface area contributed by atoms with Crippen LogP contribution in [0.15, 0.2) is 42.5 Å². The Bertz CT molecular complexity index is 917. The van der Waals surface area contributed by atoms with Crippen LogP contribution < -0.4 is 4.74 Å². The lowest BCUT2D eigenvalue weighted by Crippen LogP contribution is -2.18. The predicted molar refractivity (Wildman–Crippen MR) is 88.2 cm³/mol. The highest BCUT2D eigenvalue weighted by molar-refractivity contribution is 5.81. The molecule has 3 aromatic rings. The smallest absolute Gasteiger partial charge is 0.149 e. The van der Waals surface area contributed by atoms with Crippen molar-refractivity contribution in [3.05, 3.63) is 65.4 Å². The molecule has 1 aromatic heterocycles. The summed E-state index contributed by atoms with van der Waals surface area (Å²) >= 11 is 0. The first-order chi connectivity index (χ1) is 11.3. The summed E-state index contributed by atoms with van der Waals surface area (Å²) in [5, 5.41) is 10.8. The molecule has 0 fully saturated rings. The van der Waals surface area contributed by atoms with Gasteiger partial charge in [0.1, 0.15) is 28.7 Å². The maximum Gasteiger partial charge on any atom is 0.149 e. The van der Waals surface area contributed by atoms with Gasteiger partial charge in [-0.15, -0.1) is 0 Å². The molecule has 3 nitrogen and oxygen atoms in total. The highest BCUT2D eigenvalue weighted by Gasteiger charge is 2.26. The average molecular weight is 329 g/mol. The van der Waals surface area contributed by atoms with Crippen LogP contribution in [0.5, 0.6) is 11.5 Å². The molecule has 0 spiro atoms. The molecule has 5 heteroatoms. The van der Waals surface area contributed by atoms with E-state index >= 15 is 0 Å². The number of hydrogen-bond acceptors (Lipinski definition) is 3. The van der Waals surface area contributed by atoms with E-state index in [9.17, 15) is 13.9 Å². The van der Waals surface area contributed by atoms with Crippen LogP contribution in [0.3, 0.4) is 0 Å². The number of aliphatic hydroxyl groups is 1. The number of para-hydroxylation sites is 1.